The average molecular weight is 534 g/mol. The number of fused-ring (bicyclic) bond motifs is 3. The van der Waals surface area contributed by atoms with Crippen molar-refractivity contribution in [2.75, 3.05) is 51.3 Å². The number of β-amino-alcohol motifs (C(OH)–C–C–N with tert-alkyl or cyclic N) is 1. The Morgan fingerprint density at radius 1 is 1.23 bits per heavy atom. The maximum atomic E-state index is 13.7. The number of anilines is 1. The molecule has 210 valence electrons. The summed E-state index contributed by atoms with van der Waals surface area (Å²) in [5.74, 6) is 2.38. The highest BCUT2D eigenvalue weighted by Gasteiger charge is 2.49. The molecular formula is C31H43N5O3. The van der Waals surface area contributed by atoms with Gasteiger partial charge in [-0.1, -0.05) is 31.2 Å². The van der Waals surface area contributed by atoms with Crippen LogP contribution in [0.2, 0.25) is 0 Å². The lowest BCUT2D eigenvalue weighted by Crippen LogP contribution is -2.60. The number of aromatic nitrogens is 1. The van der Waals surface area contributed by atoms with Crippen LogP contribution in [0, 0.1) is 11.8 Å². The maximum Gasteiger partial charge on any atom is 0.254 e. The van der Waals surface area contributed by atoms with Crippen molar-refractivity contribution < 1.29 is 14.6 Å². The third-order valence-corrected chi connectivity index (χ3v) is 9.38. The summed E-state index contributed by atoms with van der Waals surface area (Å²) in [5, 5.41) is 14.7. The molecule has 4 unspecified atom stereocenters. The zero-order valence-corrected chi connectivity index (χ0v) is 23.1. The van der Waals surface area contributed by atoms with Crippen LogP contribution in [-0.2, 0) is 23.1 Å². The van der Waals surface area contributed by atoms with Crippen molar-refractivity contribution in [2.24, 2.45) is 17.6 Å². The Hall–Kier alpha value is -2.52. The van der Waals surface area contributed by atoms with Crippen molar-refractivity contribution in [3.8, 4) is 0 Å². The molecule has 8 nitrogen and oxygen atoms in total. The second-order valence-electron chi connectivity index (χ2n) is 12.5. The van der Waals surface area contributed by atoms with Crippen LogP contribution in [0.4, 0.5) is 5.82 Å². The van der Waals surface area contributed by atoms with E-state index >= 15 is 0 Å². The number of rotatable bonds is 11. The van der Waals surface area contributed by atoms with Crippen molar-refractivity contribution in [3.63, 3.8) is 0 Å². The van der Waals surface area contributed by atoms with E-state index in [2.05, 4.69) is 41.4 Å². The third kappa shape index (κ3) is 5.71. The lowest BCUT2D eigenvalue weighted by Gasteiger charge is -2.49. The van der Waals surface area contributed by atoms with E-state index in [0.29, 0.717) is 45.0 Å². The maximum absolute atomic E-state index is 13.7. The van der Waals surface area contributed by atoms with E-state index in [1.807, 2.05) is 17.2 Å². The highest BCUT2D eigenvalue weighted by atomic mass is 16.5. The van der Waals surface area contributed by atoms with E-state index in [4.69, 9.17) is 15.5 Å². The van der Waals surface area contributed by atoms with Crippen LogP contribution in [0.15, 0.2) is 36.5 Å². The number of aliphatic hydroxyl groups excluding tert-OH is 1. The summed E-state index contributed by atoms with van der Waals surface area (Å²) in [6.45, 7) is 7.29. The van der Waals surface area contributed by atoms with Crippen molar-refractivity contribution >= 4 is 11.7 Å². The molecule has 6 rings (SSSR count). The van der Waals surface area contributed by atoms with Crippen LogP contribution < -0.4 is 11.1 Å². The summed E-state index contributed by atoms with van der Waals surface area (Å²) in [6, 6.07) is 10.7. The molecule has 3 aliphatic heterocycles. The number of carbonyl (C=O) groups excluding carboxylic acids is 1. The van der Waals surface area contributed by atoms with Crippen molar-refractivity contribution in [1.29, 1.82) is 0 Å². The quantitative estimate of drug-likeness (QED) is 0.408. The minimum atomic E-state index is -0.614. The van der Waals surface area contributed by atoms with Crippen molar-refractivity contribution in [3.05, 3.63) is 58.8 Å². The molecule has 1 aromatic carbocycles. The van der Waals surface area contributed by atoms with Crippen LogP contribution in [0.25, 0.3) is 0 Å². The molecule has 1 saturated carbocycles. The van der Waals surface area contributed by atoms with Gasteiger partial charge in [0, 0.05) is 50.5 Å². The molecule has 2 fully saturated rings. The minimum Gasteiger partial charge on any atom is -0.390 e. The number of hydrogen-bond acceptors (Lipinski definition) is 7. The van der Waals surface area contributed by atoms with E-state index in [-0.39, 0.29) is 17.4 Å². The molecule has 1 amide bonds. The van der Waals surface area contributed by atoms with Gasteiger partial charge >= 0.3 is 0 Å². The number of nitrogens with zero attached hydrogens (tertiary/aromatic N) is 3. The first-order valence-electron chi connectivity index (χ1n) is 14.8. The number of hydrogen-bond donors (Lipinski definition) is 3. The predicted molar refractivity (Wildman–Crippen MR) is 152 cm³/mol. The normalized spacial score (nSPS) is 25.0. The van der Waals surface area contributed by atoms with Gasteiger partial charge in [0.25, 0.3) is 5.91 Å². The van der Waals surface area contributed by atoms with Gasteiger partial charge in [0.05, 0.1) is 24.7 Å². The summed E-state index contributed by atoms with van der Waals surface area (Å²) in [6.07, 6.45) is 6.74. The SMILES string of the molecule is CC1CC1CCC(CCN)Nc1cc2c(cn1)C1(COC1)CN(CC(O)CN1CCc3ccccc3C1)C2=O. The summed E-state index contributed by atoms with van der Waals surface area (Å²) in [5.41, 5.74) is 10.1. The number of ether oxygens (including phenoxy) is 1. The minimum absolute atomic E-state index is 0.0294. The first-order chi connectivity index (χ1) is 18.9. The smallest absolute Gasteiger partial charge is 0.254 e. The predicted octanol–water partition coefficient (Wildman–Crippen LogP) is 2.79. The zero-order valence-electron chi connectivity index (χ0n) is 23.1. The van der Waals surface area contributed by atoms with E-state index in [1.54, 1.807) is 0 Å². The second kappa shape index (κ2) is 11.2. The monoisotopic (exact) mass is 533 g/mol. The Labute approximate surface area is 231 Å². The molecular weight excluding hydrogens is 490 g/mol. The van der Waals surface area contributed by atoms with Gasteiger partial charge in [-0.3, -0.25) is 9.69 Å². The molecule has 0 bridgehead atoms. The van der Waals surface area contributed by atoms with Gasteiger partial charge in [-0.25, -0.2) is 4.98 Å². The fourth-order valence-corrected chi connectivity index (χ4v) is 6.81. The molecule has 4 atom stereocenters. The average Bonchev–Trinajstić information content (AvgIpc) is 3.63. The van der Waals surface area contributed by atoms with Gasteiger partial charge < -0.3 is 25.8 Å². The van der Waals surface area contributed by atoms with Crippen LogP contribution in [0.1, 0.15) is 59.7 Å². The van der Waals surface area contributed by atoms with Crippen LogP contribution in [0.3, 0.4) is 0 Å². The Kier molecular flexibility index (Phi) is 7.64. The lowest BCUT2D eigenvalue weighted by molar-refractivity contribution is -0.0786. The Bertz CT molecular complexity index is 1180. The molecule has 4 heterocycles. The molecule has 1 saturated heterocycles. The summed E-state index contributed by atoms with van der Waals surface area (Å²) in [4.78, 5) is 22.6. The number of pyridine rings is 1. The number of amides is 1. The van der Waals surface area contributed by atoms with Crippen LogP contribution in [-0.4, -0.2) is 83.9 Å². The third-order valence-electron chi connectivity index (χ3n) is 9.38. The van der Waals surface area contributed by atoms with Gasteiger partial charge in [0.2, 0.25) is 0 Å². The van der Waals surface area contributed by atoms with Gasteiger partial charge in [0.15, 0.2) is 0 Å². The Balaban J connectivity index is 1.13. The van der Waals surface area contributed by atoms with Crippen LogP contribution in [0.5, 0.6) is 0 Å². The fraction of sp³-hybridized carbons (Fsp3) is 0.613. The molecule has 1 spiro atoms. The molecule has 1 aromatic heterocycles. The van der Waals surface area contributed by atoms with Gasteiger partial charge in [-0.2, -0.15) is 0 Å². The van der Waals surface area contributed by atoms with Gasteiger partial charge in [-0.05, 0) is 73.2 Å². The Morgan fingerprint density at radius 2 is 2.03 bits per heavy atom. The molecule has 2 aromatic rings. The highest BCUT2D eigenvalue weighted by Crippen LogP contribution is 2.42. The van der Waals surface area contributed by atoms with Crippen LogP contribution >= 0.6 is 0 Å². The summed E-state index contributed by atoms with van der Waals surface area (Å²) in [7, 11) is 0. The molecule has 4 N–H and O–H groups in total. The lowest BCUT2D eigenvalue weighted by atomic mass is 9.74. The van der Waals surface area contributed by atoms with Gasteiger partial charge in [-0.15, -0.1) is 0 Å². The Morgan fingerprint density at radius 3 is 2.74 bits per heavy atom. The molecule has 8 heteroatoms. The van der Waals surface area contributed by atoms with Crippen molar-refractivity contribution in [1.82, 2.24) is 14.8 Å². The van der Waals surface area contributed by atoms with E-state index in [0.717, 1.165) is 55.6 Å². The number of benzene rings is 1. The van der Waals surface area contributed by atoms with E-state index in [9.17, 15) is 9.90 Å². The van der Waals surface area contributed by atoms with E-state index in [1.165, 1.54) is 24.0 Å². The van der Waals surface area contributed by atoms with Gasteiger partial charge in [0.1, 0.15) is 5.82 Å². The fourth-order valence-electron chi connectivity index (χ4n) is 6.81. The number of nitrogens with one attached hydrogen (secondary N) is 1. The second-order valence-corrected chi connectivity index (χ2v) is 12.5. The standard InChI is InChI=1S/C31H43N5O3/c1-21-12-23(21)6-7-25(8-10-32)34-29-13-27-28(14-33-29)31(19-39-20-31)18-36(30(27)38)17-26(37)16-35-11-9-22-4-2-3-5-24(22)15-35/h2-5,13-14,21,23,25-26,37H,6-12,15-20,32H2,1H3,(H,33,34). The zero-order chi connectivity index (χ0) is 27.0. The number of aliphatic hydroxyl groups is 1. The van der Waals surface area contributed by atoms with E-state index < -0.39 is 6.10 Å². The number of nitrogens with two attached hydrogens (primary N) is 1. The number of carbonyl (C=O) groups is 1. The molecule has 1 aliphatic carbocycles. The first-order valence-corrected chi connectivity index (χ1v) is 14.8. The highest BCUT2D eigenvalue weighted by molar-refractivity contribution is 5.98. The summed E-state index contributed by atoms with van der Waals surface area (Å²) < 4.78 is 5.65. The largest absolute Gasteiger partial charge is 0.390 e. The summed E-state index contributed by atoms with van der Waals surface area (Å²) >= 11 is 0. The molecule has 0 radical (unpaired) electrons. The first kappa shape index (κ1) is 26.7. The van der Waals surface area contributed by atoms with Crippen molar-refractivity contribution in [2.45, 2.75) is 63.1 Å². The molecule has 4 aliphatic rings. The topological polar surface area (TPSA) is 104 Å². The molecule has 39 heavy (non-hydrogen) atoms.